The summed E-state index contributed by atoms with van der Waals surface area (Å²) in [6.07, 6.45) is 5.56. The van der Waals surface area contributed by atoms with Gasteiger partial charge in [0.05, 0.1) is 35.2 Å². The molecule has 3 unspecified atom stereocenters. The Morgan fingerprint density at radius 3 is 2.89 bits per heavy atom. The Hall–Kier alpha value is -0.580. The maximum absolute atomic E-state index is 6.33. The minimum Gasteiger partial charge on any atom is -0.373 e. The Balaban J connectivity index is 2.23. The molecule has 1 aromatic heterocycles. The molecule has 5 heteroatoms. The van der Waals surface area contributed by atoms with Crippen molar-refractivity contribution >= 4 is 11.6 Å². The smallest absolute Gasteiger partial charge is 0.0835 e. The summed E-state index contributed by atoms with van der Waals surface area (Å²) in [5.41, 5.74) is 1.07. The van der Waals surface area contributed by atoms with Gasteiger partial charge in [-0.1, -0.05) is 18.5 Å². The number of aryl methyl sites for hydroxylation is 1. The summed E-state index contributed by atoms with van der Waals surface area (Å²) in [5, 5.41) is 8.66. The number of hydrogen-bond acceptors (Lipinski definition) is 3. The van der Waals surface area contributed by atoms with Gasteiger partial charge in [-0.2, -0.15) is 5.10 Å². The van der Waals surface area contributed by atoms with E-state index in [9.17, 15) is 0 Å². The molecular formula is C14H24ClN3O. The van der Waals surface area contributed by atoms with E-state index in [0.29, 0.717) is 6.10 Å². The quantitative estimate of drug-likeness (QED) is 0.873. The highest BCUT2D eigenvalue weighted by atomic mass is 35.5. The zero-order chi connectivity index (χ0) is 13.8. The third-order valence-corrected chi connectivity index (χ3v) is 3.97. The normalized spacial score (nSPS) is 24.8. The molecule has 1 aromatic rings. The molecule has 0 aromatic carbocycles. The summed E-state index contributed by atoms with van der Waals surface area (Å²) in [6, 6.07) is 0.139. The van der Waals surface area contributed by atoms with Crippen molar-refractivity contribution in [2.75, 3.05) is 6.54 Å². The molecule has 1 fully saturated rings. The van der Waals surface area contributed by atoms with Crippen LogP contribution in [0.1, 0.15) is 51.8 Å². The van der Waals surface area contributed by atoms with Crippen LogP contribution < -0.4 is 5.32 Å². The SMILES string of the molecule is CCCNC(c1c(Cl)cnn1CC)C1CCC(C)O1. The Morgan fingerprint density at radius 1 is 1.53 bits per heavy atom. The Bertz CT molecular complexity index is 407. The molecule has 0 aliphatic carbocycles. The minimum absolute atomic E-state index is 0.139. The second kappa shape index (κ2) is 6.73. The van der Waals surface area contributed by atoms with Crippen LogP contribution >= 0.6 is 11.6 Å². The molecule has 3 atom stereocenters. The topological polar surface area (TPSA) is 39.1 Å². The molecule has 1 N–H and O–H groups in total. The van der Waals surface area contributed by atoms with Crippen molar-refractivity contribution in [1.82, 2.24) is 15.1 Å². The number of rotatable bonds is 6. The summed E-state index contributed by atoms with van der Waals surface area (Å²) in [5.74, 6) is 0. The molecule has 1 aliphatic rings. The molecule has 0 bridgehead atoms. The minimum atomic E-state index is 0.139. The van der Waals surface area contributed by atoms with E-state index < -0.39 is 0 Å². The van der Waals surface area contributed by atoms with Gasteiger partial charge in [0.25, 0.3) is 0 Å². The predicted molar refractivity (Wildman–Crippen MR) is 77.5 cm³/mol. The molecule has 1 saturated heterocycles. The third-order valence-electron chi connectivity index (χ3n) is 3.68. The lowest BCUT2D eigenvalue weighted by Gasteiger charge is -2.26. The molecule has 2 heterocycles. The first-order valence-corrected chi connectivity index (χ1v) is 7.65. The lowest BCUT2D eigenvalue weighted by molar-refractivity contribution is 0.0297. The van der Waals surface area contributed by atoms with Gasteiger partial charge in [-0.05, 0) is 39.7 Å². The second-order valence-electron chi connectivity index (χ2n) is 5.19. The second-order valence-corrected chi connectivity index (χ2v) is 5.60. The van der Waals surface area contributed by atoms with Gasteiger partial charge in [0.2, 0.25) is 0 Å². The van der Waals surface area contributed by atoms with Crippen molar-refractivity contribution in [3.8, 4) is 0 Å². The van der Waals surface area contributed by atoms with E-state index in [1.54, 1.807) is 6.20 Å². The third kappa shape index (κ3) is 3.30. The molecule has 0 amide bonds. The molecule has 19 heavy (non-hydrogen) atoms. The van der Waals surface area contributed by atoms with Crippen molar-refractivity contribution in [2.24, 2.45) is 0 Å². The Morgan fingerprint density at radius 2 is 2.32 bits per heavy atom. The number of halogens is 1. The number of hydrogen-bond donors (Lipinski definition) is 1. The van der Waals surface area contributed by atoms with Gasteiger partial charge in [-0.15, -0.1) is 0 Å². The van der Waals surface area contributed by atoms with E-state index in [4.69, 9.17) is 16.3 Å². The van der Waals surface area contributed by atoms with E-state index in [1.807, 2.05) is 4.68 Å². The highest BCUT2D eigenvalue weighted by Crippen LogP contribution is 2.33. The first kappa shape index (κ1) is 14.8. The van der Waals surface area contributed by atoms with Crippen LogP contribution in [0.15, 0.2) is 6.20 Å². The average Bonchev–Trinajstić information content (AvgIpc) is 2.98. The van der Waals surface area contributed by atoms with E-state index in [-0.39, 0.29) is 12.1 Å². The van der Waals surface area contributed by atoms with Crippen LogP contribution in [0.25, 0.3) is 0 Å². The summed E-state index contributed by atoms with van der Waals surface area (Å²) < 4.78 is 8.01. The van der Waals surface area contributed by atoms with Crippen LogP contribution in [-0.2, 0) is 11.3 Å². The maximum atomic E-state index is 6.33. The highest BCUT2D eigenvalue weighted by Gasteiger charge is 2.33. The van der Waals surface area contributed by atoms with E-state index in [1.165, 1.54) is 0 Å². The molecule has 0 spiro atoms. The van der Waals surface area contributed by atoms with Gasteiger partial charge in [-0.3, -0.25) is 4.68 Å². The van der Waals surface area contributed by atoms with E-state index in [2.05, 4.69) is 31.2 Å². The summed E-state index contributed by atoms with van der Waals surface area (Å²) >= 11 is 6.33. The monoisotopic (exact) mass is 285 g/mol. The fourth-order valence-electron chi connectivity index (χ4n) is 2.72. The van der Waals surface area contributed by atoms with Crippen LogP contribution in [0.5, 0.6) is 0 Å². The van der Waals surface area contributed by atoms with Gasteiger partial charge in [-0.25, -0.2) is 0 Å². The van der Waals surface area contributed by atoms with Crippen LogP contribution in [0.4, 0.5) is 0 Å². The van der Waals surface area contributed by atoms with Gasteiger partial charge in [0.1, 0.15) is 0 Å². The summed E-state index contributed by atoms with van der Waals surface area (Å²) in [7, 11) is 0. The first-order chi connectivity index (χ1) is 9.17. The van der Waals surface area contributed by atoms with Crippen molar-refractivity contribution in [3.05, 3.63) is 16.9 Å². The Labute approximate surface area is 120 Å². The number of nitrogens with zero attached hydrogens (tertiary/aromatic N) is 2. The largest absolute Gasteiger partial charge is 0.373 e. The van der Waals surface area contributed by atoms with Gasteiger partial charge in [0.15, 0.2) is 0 Å². The lowest BCUT2D eigenvalue weighted by atomic mass is 10.0. The molecular weight excluding hydrogens is 262 g/mol. The lowest BCUT2D eigenvalue weighted by Crippen LogP contribution is -2.34. The van der Waals surface area contributed by atoms with Gasteiger partial charge >= 0.3 is 0 Å². The standard InChI is InChI=1S/C14H24ClN3O/c1-4-8-16-13(12-7-6-10(3)19-12)14-11(15)9-17-18(14)5-2/h9-10,12-13,16H,4-8H2,1-3H3. The fourth-order valence-corrected chi connectivity index (χ4v) is 2.97. The molecule has 0 radical (unpaired) electrons. The van der Waals surface area contributed by atoms with Crippen molar-refractivity contribution in [2.45, 2.75) is 64.8 Å². The molecule has 1 aliphatic heterocycles. The number of aromatic nitrogens is 2. The summed E-state index contributed by atoms with van der Waals surface area (Å²) in [4.78, 5) is 0. The van der Waals surface area contributed by atoms with Crippen LogP contribution in [0.2, 0.25) is 5.02 Å². The molecule has 108 valence electrons. The van der Waals surface area contributed by atoms with Gasteiger partial charge in [0, 0.05) is 6.54 Å². The first-order valence-electron chi connectivity index (χ1n) is 7.27. The van der Waals surface area contributed by atoms with Crippen molar-refractivity contribution in [1.29, 1.82) is 0 Å². The fraction of sp³-hybridized carbons (Fsp3) is 0.786. The molecule has 4 nitrogen and oxygen atoms in total. The van der Waals surface area contributed by atoms with E-state index in [0.717, 1.165) is 43.1 Å². The zero-order valence-electron chi connectivity index (χ0n) is 12.0. The van der Waals surface area contributed by atoms with Crippen molar-refractivity contribution < 1.29 is 4.74 Å². The average molecular weight is 286 g/mol. The predicted octanol–water partition coefficient (Wildman–Crippen LogP) is 3.16. The molecule has 0 saturated carbocycles. The van der Waals surface area contributed by atoms with Crippen molar-refractivity contribution in [3.63, 3.8) is 0 Å². The van der Waals surface area contributed by atoms with Crippen LogP contribution in [0.3, 0.4) is 0 Å². The van der Waals surface area contributed by atoms with E-state index >= 15 is 0 Å². The van der Waals surface area contributed by atoms with Crippen LogP contribution in [-0.4, -0.2) is 28.5 Å². The Kier molecular flexibility index (Phi) is 5.25. The zero-order valence-corrected chi connectivity index (χ0v) is 12.8. The number of ether oxygens (including phenoxy) is 1. The number of nitrogens with one attached hydrogen (secondary N) is 1. The molecule has 2 rings (SSSR count). The summed E-state index contributed by atoms with van der Waals surface area (Å²) in [6.45, 7) is 8.18. The maximum Gasteiger partial charge on any atom is 0.0835 e. The van der Waals surface area contributed by atoms with Crippen LogP contribution in [0, 0.1) is 0 Å². The van der Waals surface area contributed by atoms with Gasteiger partial charge < -0.3 is 10.1 Å². The highest BCUT2D eigenvalue weighted by molar-refractivity contribution is 6.31.